The molecule has 0 saturated carbocycles. The van der Waals surface area contributed by atoms with E-state index in [1.807, 2.05) is 32.0 Å². The summed E-state index contributed by atoms with van der Waals surface area (Å²) in [4.78, 5) is 7.71. The molecule has 0 amide bonds. The maximum Gasteiger partial charge on any atom is 0.170 e. The molecule has 5 heteroatoms. The number of benzene rings is 1. The minimum absolute atomic E-state index is 0.592. The van der Waals surface area contributed by atoms with Crippen LogP contribution in [0.3, 0.4) is 0 Å². The lowest BCUT2D eigenvalue weighted by atomic mass is 10.1. The third kappa shape index (κ3) is 2.46. The number of aromatic nitrogens is 2. The van der Waals surface area contributed by atoms with Crippen molar-refractivity contribution in [2.75, 3.05) is 14.2 Å². The van der Waals surface area contributed by atoms with Crippen molar-refractivity contribution in [2.24, 2.45) is 0 Å². The van der Waals surface area contributed by atoms with Gasteiger partial charge in [0.05, 0.1) is 19.9 Å². The molecule has 19 heavy (non-hydrogen) atoms. The molecule has 1 heterocycles. The Hall–Kier alpha value is -1.88. The Balaban J connectivity index is 2.72. The van der Waals surface area contributed by atoms with E-state index in [0.717, 1.165) is 17.0 Å². The highest BCUT2D eigenvalue weighted by atomic mass is 32.1. The summed E-state index contributed by atoms with van der Waals surface area (Å²) in [5.74, 6) is 1.30. The van der Waals surface area contributed by atoms with Gasteiger partial charge in [0.15, 0.2) is 11.5 Å². The van der Waals surface area contributed by atoms with Gasteiger partial charge >= 0.3 is 0 Å². The molecule has 4 nitrogen and oxygen atoms in total. The number of ether oxygens (including phenoxy) is 2. The fourth-order valence-corrected chi connectivity index (χ4v) is 2.19. The zero-order valence-electron chi connectivity index (χ0n) is 11.4. The first kappa shape index (κ1) is 13.5. The van der Waals surface area contributed by atoms with Crippen LogP contribution in [-0.4, -0.2) is 24.2 Å². The van der Waals surface area contributed by atoms with Crippen LogP contribution in [0.15, 0.2) is 18.2 Å². The van der Waals surface area contributed by atoms with Gasteiger partial charge in [0, 0.05) is 11.3 Å². The molecule has 0 aliphatic heterocycles. The lowest BCUT2D eigenvalue weighted by Crippen LogP contribution is -1.99. The smallest absolute Gasteiger partial charge is 0.170 e. The molecule has 0 aliphatic rings. The second-order valence-electron chi connectivity index (χ2n) is 4.17. The van der Waals surface area contributed by atoms with Crippen molar-refractivity contribution < 1.29 is 9.47 Å². The van der Waals surface area contributed by atoms with E-state index in [1.165, 1.54) is 0 Å². The maximum absolute atomic E-state index is 5.42. The van der Waals surface area contributed by atoms with E-state index in [1.54, 1.807) is 14.2 Å². The number of H-pyrrole nitrogens is 1. The van der Waals surface area contributed by atoms with Gasteiger partial charge in [-0.2, -0.15) is 0 Å². The van der Waals surface area contributed by atoms with Crippen LogP contribution in [0.2, 0.25) is 0 Å². The molecule has 0 radical (unpaired) electrons. The van der Waals surface area contributed by atoms with Crippen molar-refractivity contribution in [3.63, 3.8) is 0 Å². The van der Waals surface area contributed by atoms with Crippen molar-refractivity contribution in [3.05, 3.63) is 34.2 Å². The average Bonchev–Trinajstić information content (AvgIpc) is 2.41. The molecule has 1 aromatic heterocycles. The second kappa shape index (κ2) is 5.40. The monoisotopic (exact) mass is 276 g/mol. The number of methoxy groups -OCH3 is 2. The molecule has 2 rings (SSSR count). The van der Waals surface area contributed by atoms with Crippen LogP contribution >= 0.6 is 12.2 Å². The van der Waals surface area contributed by atoms with Crippen LogP contribution in [0.5, 0.6) is 11.5 Å². The number of para-hydroxylation sites is 1. The van der Waals surface area contributed by atoms with Gasteiger partial charge in [0.25, 0.3) is 0 Å². The first-order chi connectivity index (χ1) is 9.08. The Morgan fingerprint density at radius 1 is 1.16 bits per heavy atom. The highest BCUT2D eigenvalue weighted by Crippen LogP contribution is 2.37. The van der Waals surface area contributed by atoms with Gasteiger partial charge in [0.2, 0.25) is 0 Å². The summed E-state index contributed by atoms with van der Waals surface area (Å²) in [6.07, 6.45) is 0. The summed E-state index contributed by atoms with van der Waals surface area (Å²) >= 11 is 5.35. The van der Waals surface area contributed by atoms with Gasteiger partial charge in [-0.1, -0.05) is 18.3 Å². The first-order valence-electron chi connectivity index (χ1n) is 5.87. The zero-order valence-corrected chi connectivity index (χ0v) is 12.2. The zero-order chi connectivity index (χ0) is 14.0. The molecule has 0 spiro atoms. The number of nitrogens with zero attached hydrogens (tertiary/aromatic N) is 1. The third-order valence-corrected chi connectivity index (χ3v) is 3.29. The van der Waals surface area contributed by atoms with Crippen molar-refractivity contribution in [1.29, 1.82) is 0 Å². The molecule has 0 unspecified atom stereocenters. The third-order valence-electron chi connectivity index (χ3n) is 3.00. The molecular formula is C14H16N2O2S. The molecule has 0 aliphatic carbocycles. The molecule has 0 atom stereocenters. The van der Waals surface area contributed by atoms with Crippen LogP contribution in [0.4, 0.5) is 0 Å². The van der Waals surface area contributed by atoms with Gasteiger partial charge in [-0.25, -0.2) is 4.98 Å². The summed E-state index contributed by atoms with van der Waals surface area (Å²) < 4.78 is 11.3. The molecule has 0 saturated heterocycles. The van der Waals surface area contributed by atoms with Gasteiger partial charge in [-0.05, 0) is 26.0 Å². The fraction of sp³-hybridized carbons (Fsp3) is 0.286. The molecule has 100 valence electrons. The van der Waals surface area contributed by atoms with E-state index >= 15 is 0 Å². The predicted octanol–water partition coefficient (Wildman–Crippen LogP) is 3.44. The first-order valence-corrected chi connectivity index (χ1v) is 6.28. The fourth-order valence-electron chi connectivity index (χ4n) is 1.88. The average molecular weight is 276 g/mol. The van der Waals surface area contributed by atoms with Crippen LogP contribution in [0.25, 0.3) is 11.3 Å². The lowest BCUT2D eigenvalue weighted by molar-refractivity contribution is 0.356. The Bertz CT molecular complexity index is 665. The minimum atomic E-state index is 0.592. The lowest BCUT2D eigenvalue weighted by Gasteiger charge is -2.13. The molecule has 0 bridgehead atoms. The molecular weight excluding hydrogens is 260 g/mol. The van der Waals surface area contributed by atoms with Crippen molar-refractivity contribution in [1.82, 2.24) is 9.97 Å². The predicted molar refractivity (Wildman–Crippen MR) is 77.4 cm³/mol. The highest BCUT2D eigenvalue weighted by Gasteiger charge is 2.14. The summed E-state index contributed by atoms with van der Waals surface area (Å²) in [6, 6.07) is 5.65. The van der Waals surface area contributed by atoms with Crippen LogP contribution in [0, 0.1) is 18.5 Å². The second-order valence-corrected chi connectivity index (χ2v) is 4.57. The normalized spacial score (nSPS) is 10.3. The van der Waals surface area contributed by atoms with Crippen molar-refractivity contribution in [2.45, 2.75) is 13.8 Å². The Kier molecular flexibility index (Phi) is 3.85. The van der Waals surface area contributed by atoms with Gasteiger partial charge < -0.3 is 14.5 Å². The SMILES string of the molecule is COc1cccc(-c2nc(C)c(C)[nH]c2=S)c1OC. The number of hydrogen-bond acceptors (Lipinski definition) is 4. The Morgan fingerprint density at radius 2 is 1.89 bits per heavy atom. The number of aromatic amines is 1. The number of aryl methyl sites for hydroxylation is 2. The molecule has 2 aromatic rings. The summed E-state index contributed by atoms with van der Waals surface area (Å²) in [6.45, 7) is 3.89. The number of hydrogen-bond donors (Lipinski definition) is 1. The van der Waals surface area contributed by atoms with E-state index in [9.17, 15) is 0 Å². The summed E-state index contributed by atoms with van der Waals surface area (Å²) in [7, 11) is 3.21. The van der Waals surface area contributed by atoms with E-state index in [2.05, 4.69) is 9.97 Å². The number of nitrogens with one attached hydrogen (secondary N) is 1. The molecule has 1 aromatic carbocycles. The van der Waals surface area contributed by atoms with Gasteiger partial charge in [0.1, 0.15) is 10.3 Å². The van der Waals surface area contributed by atoms with Crippen LogP contribution < -0.4 is 9.47 Å². The van der Waals surface area contributed by atoms with Crippen LogP contribution in [-0.2, 0) is 0 Å². The van der Waals surface area contributed by atoms with Crippen molar-refractivity contribution >= 4 is 12.2 Å². The van der Waals surface area contributed by atoms with E-state index in [4.69, 9.17) is 21.7 Å². The quantitative estimate of drug-likeness (QED) is 0.872. The maximum atomic E-state index is 5.42. The largest absolute Gasteiger partial charge is 0.493 e. The van der Waals surface area contributed by atoms with E-state index < -0.39 is 0 Å². The Morgan fingerprint density at radius 3 is 2.53 bits per heavy atom. The molecule has 0 fully saturated rings. The van der Waals surface area contributed by atoms with Crippen molar-refractivity contribution in [3.8, 4) is 22.8 Å². The van der Waals surface area contributed by atoms with Gasteiger partial charge in [-0.3, -0.25) is 0 Å². The Labute approximate surface area is 117 Å². The topological polar surface area (TPSA) is 47.1 Å². The van der Waals surface area contributed by atoms with Crippen LogP contribution in [0.1, 0.15) is 11.4 Å². The minimum Gasteiger partial charge on any atom is -0.493 e. The van der Waals surface area contributed by atoms with Gasteiger partial charge in [-0.15, -0.1) is 0 Å². The number of rotatable bonds is 3. The highest BCUT2D eigenvalue weighted by molar-refractivity contribution is 7.71. The summed E-state index contributed by atoms with van der Waals surface area (Å²) in [5, 5.41) is 0. The standard InChI is InChI=1S/C14H16N2O2S/c1-8-9(2)16-14(19)12(15-8)10-6-5-7-11(17-3)13(10)18-4/h5-7H,1-4H3,(H,16,19). The summed E-state index contributed by atoms with van der Waals surface area (Å²) in [5.41, 5.74) is 3.41. The van der Waals surface area contributed by atoms with E-state index in [-0.39, 0.29) is 0 Å². The molecule has 1 N–H and O–H groups in total. The van der Waals surface area contributed by atoms with E-state index in [0.29, 0.717) is 21.8 Å².